The molecular formula is C104H155BrO10. The molecule has 0 aliphatic carbocycles. The lowest BCUT2D eigenvalue weighted by molar-refractivity contribution is 0.0817. The van der Waals surface area contributed by atoms with E-state index < -0.39 is 34.7 Å². The fourth-order valence-electron chi connectivity index (χ4n) is 14.5. The van der Waals surface area contributed by atoms with Gasteiger partial charge in [0, 0.05) is 38.7 Å². The Morgan fingerprint density at radius 3 is 0.600 bits per heavy atom. The van der Waals surface area contributed by atoms with Gasteiger partial charge in [-0.05, 0) is 167 Å². The highest BCUT2D eigenvalue weighted by atomic mass is 79.9. The van der Waals surface area contributed by atoms with E-state index >= 15 is 0 Å². The van der Waals surface area contributed by atoms with Crippen LogP contribution in [0.3, 0.4) is 0 Å². The number of hydrogen-bond acceptors (Lipinski definition) is 10. The number of halogens is 1. The van der Waals surface area contributed by atoms with E-state index in [2.05, 4.69) is 57.5 Å². The molecule has 0 spiro atoms. The molecule has 0 amide bonds. The monoisotopic (exact) mass is 1640 g/mol. The SMILES string of the molecule is CCCCCCCCCCC(CBr)CCCCCCCC.CCCCCCCCCCC(CCCCCCCC)COc1ccc(C(=O)C(=O)c2ccc(OCC(CCCCCCCC)CCCCCCCCCC)cc2)cc1.Cc1ccc(C(=O)C(=O)c2ccc(C)cc2)cc1.O=C(C(=O)c1ccc(O)cc1)c1ccc(O)cc1. The van der Waals surface area contributed by atoms with E-state index in [1.165, 1.54) is 362 Å². The molecular weight excluding hydrogens is 1490 g/mol. The van der Waals surface area contributed by atoms with E-state index in [4.69, 9.17) is 19.7 Å². The molecule has 0 fully saturated rings. The summed E-state index contributed by atoms with van der Waals surface area (Å²) in [6.07, 6.45) is 65.3. The molecule has 0 aliphatic rings. The summed E-state index contributed by atoms with van der Waals surface area (Å²) < 4.78 is 12.6. The number of unbranched alkanes of at least 4 members (excludes halogenated alkanes) is 36. The van der Waals surface area contributed by atoms with Crippen molar-refractivity contribution in [1.29, 1.82) is 0 Å². The molecule has 638 valence electrons. The Labute approximate surface area is 707 Å². The average Bonchev–Trinajstić information content (AvgIpc) is 0.846. The van der Waals surface area contributed by atoms with Crippen molar-refractivity contribution in [3.8, 4) is 23.0 Å². The Balaban J connectivity index is 0.000000480. The van der Waals surface area contributed by atoms with Crippen LogP contribution < -0.4 is 9.47 Å². The number of phenols is 2. The number of hydrogen-bond donors (Lipinski definition) is 2. The predicted molar refractivity (Wildman–Crippen MR) is 488 cm³/mol. The van der Waals surface area contributed by atoms with Crippen molar-refractivity contribution in [3.63, 3.8) is 0 Å². The Hall–Kier alpha value is -6.98. The third-order valence-corrected chi connectivity index (χ3v) is 23.1. The van der Waals surface area contributed by atoms with E-state index in [1.807, 2.05) is 62.4 Å². The third kappa shape index (κ3) is 49.1. The van der Waals surface area contributed by atoms with Crippen molar-refractivity contribution in [1.82, 2.24) is 0 Å². The molecule has 6 aromatic rings. The average molecular weight is 1650 g/mol. The van der Waals surface area contributed by atoms with Gasteiger partial charge in [-0.3, -0.25) is 28.8 Å². The van der Waals surface area contributed by atoms with Gasteiger partial charge in [0.1, 0.15) is 23.0 Å². The zero-order valence-corrected chi connectivity index (χ0v) is 74.8. The first-order chi connectivity index (χ1) is 56.0. The fraction of sp³-hybridized carbons (Fsp3) is 0.596. The van der Waals surface area contributed by atoms with E-state index in [0.717, 1.165) is 28.5 Å². The molecule has 0 bridgehead atoms. The number of phenolic OH excluding ortho intramolecular Hbond substituents is 2. The Bertz CT molecular complexity index is 3090. The topological polar surface area (TPSA) is 161 Å². The summed E-state index contributed by atoms with van der Waals surface area (Å²) in [7, 11) is 0. The Morgan fingerprint density at radius 2 is 0.409 bits per heavy atom. The third-order valence-electron chi connectivity index (χ3n) is 22.2. The number of rotatable bonds is 64. The Morgan fingerprint density at radius 1 is 0.243 bits per heavy atom. The molecule has 0 heterocycles. The highest BCUT2D eigenvalue weighted by molar-refractivity contribution is 9.09. The minimum Gasteiger partial charge on any atom is -0.508 e. The number of carbonyl (C=O) groups is 6. The summed E-state index contributed by atoms with van der Waals surface area (Å²) in [5, 5.41) is 19.4. The van der Waals surface area contributed by atoms with Crippen molar-refractivity contribution >= 4 is 50.6 Å². The van der Waals surface area contributed by atoms with Crippen LogP contribution in [0.5, 0.6) is 23.0 Å². The lowest BCUT2D eigenvalue weighted by Gasteiger charge is -2.18. The summed E-state index contributed by atoms with van der Waals surface area (Å²) in [5.74, 6) is 0.464. The fourth-order valence-corrected chi connectivity index (χ4v) is 15.2. The van der Waals surface area contributed by atoms with E-state index in [1.54, 1.807) is 48.5 Å². The van der Waals surface area contributed by atoms with Crippen LogP contribution in [0.2, 0.25) is 0 Å². The second-order valence-corrected chi connectivity index (χ2v) is 33.3. The zero-order chi connectivity index (χ0) is 83.6. The Kier molecular flexibility index (Phi) is 60.4. The van der Waals surface area contributed by atoms with E-state index in [-0.39, 0.29) is 22.6 Å². The highest BCUT2D eigenvalue weighted by Crippen LogP contribution is 2.27. The molecule has 0 aromatic heterocycles. The van der Waals surface area contributed by atoms with Crippen LogP contribution in [-0.4, -0.2) is 63.5 Å². The smallest absolute Gasteiger partial charge is 0.233 e. The van der Waals surface area contributed by atoms with Crippen LogP contribution >= 0.6 is 15.9 Å². The zero-order valence-electron chi connectivity index (χ0n) is 73.2. The van der Waals surface area contributed by atoms with E-state index in [9.17, 15) is 28.8 Å². The molecule has 6 rings (SSSR count). The van der Waals surface area contributed by atoms with Gasteiger partial charge in [-0.1, -0.05) is 387 Å². The first kappa shape index (κ1) is 102. The van der Waals surface area contributed by atoms with Crippen molar-refractivity contribution in [3.05, 3.63) is 190 Å². The van der Waals surface area contributed by atoms with Crippen LogP contribution in [0.15, 0.2) is 146 Å². The first-order valence-electron chi connectivity index (χ1n) is 46.0. The van der Waals surface area contributed by atoms with Crippen molar-refractivity contribution in [2.24, 2.45) is 17.8 Å². The van der Waals surface area contributed by atoms with Gasteiger partial charge in [0.2, 0.25) is 34.7 Å². The van der Waals surface area contributed by atoms with Crippen molar-refractivity contribution in [2.45, 2.75) is 364 Å². The lowest BCUT2D eigenvalue weighted by Crippen LogP contribution is -2.15. The molecule has 3 atom stereocenters. The summed E-state index contributed by atoms with van der Waals surface area (Å²) in [6, 6.07) is 39.3. The summed E-state index contributed by atoms with van der Waals surface area (Å²) in [4.78, 5) is 74.2. The molecule has 115 heavy (non-hydrogen) atoms. The molecule has 0 radical (unpaired) electrons. The lowest BCUT2D eigenvalue weighted by atomic mass is 9.94. The summed E-state index contributed by atoms with van der Waals surface area (Å²) in [6.45, 7) is 19.0. The number of benzene rings is 6. The molecule has 0 saturated carbocycles. The van der Waals surface area contributed by atoms with Gasteiger partial charge in [0.05, 0.1) is 13.2 Å². The van der Waals surface area contributed by atoms with E-state index in [0.29, 0.717) is 47.3 Å². The van der Waals surface area contributed by atoms with Crippen molar-refractivity contribution < 1.29 is 48.5 Å². The number of aromatic hydroxyl groups is 2. The second-order valence-electron chi connectivity index (χ2n) is 32.7. The molecule has 6 aromatic carbocycles. The largest absolute Gasteiger partial charge is 0.508 e. The number of aryl methyl sites for hydroxylation is 2. The van der Waals surface area contributed by atoms with Gasteiger partial charge in [0.25, 0.3) is 0 Å². The van der Waals surface area contributed by atoms with Crippen LogP contribution in [0, 0.1) is 31.6 Å². The summed E-state index contributed by atoms with van der Waals surface area (Å²) in [5.41, 5.74) is 4.23. The van der Waals surface area contributed by atoms with Crippen LogP contribution in [0.25, 0.3) is 0 Å². The second kappa shape index (κ2) is 68.0. The highest BCUT2D eigenvalue weighted by Gasteiger charge is 2.22. The van der Waals surface area contributed by atoms with Crippen LogP contribution in [0.1, 0.15) is 423 Å². The minimum atomic E-state index is -0.652. The predicted octanol–water partition coefficient (Wildman–Crippen LogP) is 31.1. The molecule has 2 N–H and O–H groups in total. The van der Waals surface area contributed by atoms with Gasteiger partial charge in [-0.2, -0.15) is 0 Å². The number of Topliss-reactive ketones (excluding diaryl/α,β-unsaturated/α-hetero) is 6. The molecule has 10 nitrogen and oxygen atoms in total. The maximum atomic E-state index is 13.3. The number of alkyl halides is 1. The number of ketones is 6. The van der Waals surface area contributed by atoms with Gasteiger partial charge in [0.15, 0.2) is 0 Å². The number of carbonyl (C=O) groups excluding carboxylic acids is 6. The number of ether oxygens (including phenoxy) is 2. The van der Waals surface area contributed by atoms with Crippen LogP contribution in [0.4, 0.5) is 0 Å². The van der Waals surface area contributed by atoms with Gasteiger partial charge >= 0.3 is 0 Å². The van der Waals surface area contributed by atoms with Crippen LogP contribution in [-0.2, 0) is 0 Å². The quantitative estimate of drug-likeness (QED) is 0.0163. The van der Waals surface area contributed by atoms with Gasteiger partial charge < -0.3 is 19.7 Å². The maximum absolute atomic E-state index is 13.3. The standard InChI is InChI=1S/C54H90O4.C20H41Br.C16H14O2.C14H10O4/c1-5-9-13-17-21-23-27-31-35-47(33-29-25-19-15-11-7-3)45-57-51-41-37-49(38-42-51)53(55)54(56)50-39-43-52(44-40-50)58-46-48(34-30-26-20-16-12-8-4)36-32-28-24-22-18-14-10-6-2;1-3-5-7-9-11-12-14-16-18-20(19-21)17-15-13-10-8-6-4-2;1-11-3-7-13(8-4-11)15(17)16(18)14-9-5-12(2)6-10-14;15-11-5-1-9(2-6-11)13(17)14(18)10-3-7-12(16)8-4-10/h37-44,47-48H,5-36,45-46H2,1-4H3;20H,3-19H2,1-2H3;3-10H,1-2H3;1-8,15-16H. The first-order valence-corrected chi connectivity index (χ1v) is 47.1. The normalized spacial score (nSPS) is 11.7. The molecule has 0 aliphatic heterocycles. The van der Waals surface area contributed by atoms with Gasteiger partial charge in [-0.15, -0.1) is 0 Å². The minimum absolute atomic E-state index is 0.0311. The molecule has 3 unspecified atom stereocenters. The molecule has 11 heteroatoms. The van der Waals surface area contributed by atoms with Crippen molar-refractivity contribution in [2.75, 3.05) is 18.5 Å². The molecule has 0 saturated heterocycles. The van der Waals surface area contributed by atoms with Gasteiger partial charge in [-0.25, -0.2) is 0 Å². The maximum Gasteiger partial charge on any atom is 0.233 e. The summed E-state index contributed by atoms with van der Waals surface area (Å²) >= 11 is 3.72.